The van der Waals surface area contributed by atoms with E-state index >= 15 is 0 Å². The highest BCUT2D eigenvalue weighted by atomic mass is 16.6. The number of aryl methyl sites for hydroxylation is 2. The predicted octanol–water partition coefficient (Wildman–Crippen LogP) is 3.58. The number of rotatable bonds is 2. The number of benzene rings is 2. The molecule has 0 spiro atoms. The fourth-order valence-electron chi connectivity index (χ4n) is 2.24. The number of carbonyl (C=O) groups excluding carboxylic acids is 1. The third-order valence-electron chi connectivity index (χ3n) is 3.49. The number of esters is 1. The highest BCUT2D eigenvalue weighted by Crippen LogP contribution is 2.31. The van der Waals surface area contributed by atoms with Crippen molar-refractivity contribution in [2.24, 2.45) is 0 Å². The molecule has 1 atom stereocenters. The summed E-state index contributed by atoms with van der Waals surface area (Å²) < 4.78 is 5.36. The quantitative estimate of drug-likeness (QED) is 0.831. The average molecular weight is 253 g/mol. The second kappa shape index (κ2) is 4.43. The molecule has 1 aliphatic heterocycles. The van der Waals surface area contributed by atoms with Crippen LogP contribution in [0, 0.1) is 13.8 Å². The van der Waals surface area contributed by atoms with Crippen LogP contribution < -0.4 is 5.32 Å². The lowest BCUT2D eigenvalue weighted by Gasteiger charge is -2.15. The van der Waals surface area contributed by atoms with Gasteiger partial charge < -0.3 is 10.1 Å². The summed E-state index contributed by atoms with van der Waals surface area (Å²) >= 11 is 0. The number of hydrogen-bond acceptors (Lipinski definition) is 3. The predicted molar refractivity (Wildman–Crippen MR) is 74.1 cm³/mol. The van der Waals surface area contributed by atoms with Gasteiger partial charge >= 0.3 is 5.97 Å². The lowest BCUT2D eigenvalue weighted by Crippen LogP contribution is -2.10. The molecule has 3 rings (SSSR count). The maximum atomic E-state index is 11.7. The number of cyclic esters (lactones) is 1. The zero-order valence-corrected chi connectivity index (χ0v) is 10.9. The molecule has 3 heteroatoms. The van der Waals surface area contributed by atoms with E-state index in [1.807, 2.05) is 24.3 Å². The minimum atomic E-state index is -0.397. The monoisotopic (exact) mass is 253 g/mol. The Morgan fingerprint density at radius 1 is 1.05 bits per heavy atom. The Morgan fingerprint density at radius 2 is 1.84 bits per heavy atom. The average Bonchev–Trinajstić information content (AvgIpc) is 2.72. The summed E-state index contributed by atoms with van der Waals surface area (Å²) in [6.45, 7) is 4.14. The molecule has 3 nitrogen and oxygen atoms in total. The van der Waals surface area contributed by atoms with Crippen LogP contribution in [0.1, 0.15) is 33.3 Å². The van der Waals surface area contributed by atoms with E-state index in [4.69, 9.17) is 4.74 Å². The van der Waals surface area contributed by atoms with Crippen molar-refractivity contribution in [1.82, 2.24) is 0 Å². The smallest absolute Gasteiger partial charge is 0.340 e. The van der Waals surface area contributed by atoms with Crippen molar-refractivity contribution in [3.8, 4) is 0 Å². The van der Waals surface area contributed by atoms with E-state index in [1.54, 1.807) is 6.07 Å². The molecule has 1 heterocycles. The van der Waals surface area contributed by atoms with Gasteiger partial charge in [-0.15, -0.1) is 0 Å². The summed E-state index contributed by atoms with van der Waals surface area (Å²) in [5, 5.41) is 3.25. The third kappa shape index (κ3) is 2.08. The van der Waals surface area contributed by atoms with Crippen LogP contribution in [0.25, 0.3) is 0 Å². The van der Waals surface area contributed by atoms with E-state index in [1.165, 1.54) is 11.1 Å². The van der Waals surface area contributed by atoms with E-state index in [0.717, 1.165) is 11.3 Å². The molecule has 0 unspecified atom stereocenters. The van der Waals surface area contributed by atoms with Gasteiger partial charge in [-0.3, -0.25) is 0 Å². The summed E-state index contributed by atoms with van der Waals surface area (Å²) in [4.78, 5) is 11.7. The maximum absolute atomic E-state index is 11.7. The molecule has 1 aliphatic rings. The van der Waals surface area contributed by atoms with E-state index in [0.29, 0.717) is 5.56 Å². The Labute approximate surface area is 112 Å². The van der Waals surface area contributed by atoms with Gasteiger partial charge in [-0.05, 0) is 43.2 Å². The summed E-state index contributed by atoms with van der Waals surface area (Å²) in [5.74, 6) is -0.267. The van der Waals surface area contributed by atoms with Crippen LogP contribution in [0.2, 0.25) is 0 Å². The summed E-state index contributed by atoms with van der Waals surface area (Å²) in [6.07, 6.45) is -0.397. The molecule has 0 bridgehead atoms. The van der Waals surface area contributed by atoms with Gasteiger partial charge in [0.2, 0.25) is 6.23 Å². The van der Waals surface area contributed by atoms with E-state index in [-0.39, 0.29) is 5.97 Å². The van der Waals surface area contributed by atoms with Gasteiger partial charge in [-0.25, -0.2) is 4.79 Å². The highest BCUT2D eigenvalue weighted by Gasteiger charge is 2.30. The van der Waals surface area contributed by atoms with Gasteiger partial charge in [0.05, 0.1) is 5.56 Å². The second-order valence-electron chi connectivity index (χ2n) is 4.82. The SMILES string of the molecule is Cc1ccc(N[C@@H]2OC(=O)c3ccccc32)cc1C. The molecule has 0 radical (unpaired) electrons. The first-order valence-electron chi connectivity index (χ1n) is 6.29. The summed E-state index contributed by atoms with van der Waals surface area (Å²) in [5.41, 5.74) is 4.95. The first-order valence-corrected chi connectivity index (χ1v) is 6.29. The normalized spacial score (nSPS) is 16.9. The van der Waals surface area contributed by atoms with Gasteiger partial charge in [0.15, 0.2) is 0 Å². The van der Waals surface area contributed by atoms with Crippen LogP contribution in [0.15, 0.2) is 42.5 Å². The molecule has 0 aliphatic carbocycles. The first-order chi connectivity index (χ1) is 9.15. The molecule has 0 saturated carbocycles. The van der Waals surface area contributed by atoms with Crippen LogP contribution >= 0.6 is 0 Å². The lowest BCUT2D eigenvalue weighted by molar-refractivity contribution is 0.0437. The highest BCUT2D eigenvalue weighted by molar-refractivity contribution is 5.94. The lowest BCUT2D eigenvalue weighted by atomic mass is 10.1. The van der Waals surface area contributed by atoms with Crippen molar-refractivity contribution in [3.63, 3.8) is 0 Å². The van der Waals surface area contributed by atoms with Crippen molar-refractivity contribution >= 4 is 11.7 Å². The van der Waals surface area contributed by atoms with Gasteiger partial charge in [0.25, 0.3) is 0 Å². The zero-order chi connectivity index (χ0) is 13.4. The standard InChI is InChI=1S/C16H15NO2/c1-10-7-8-12(9-11(10)2)17-15-13-5-3-4-6-14(13)16(18)19-15/h3-9,15,17H,1-2H3/t15-/m1/s1. The molecule has 1 N–H and O–H groups in total. The Morgan fingerprint density at radius 3 is 2.63 bits per heavy atom. The summed E-state index contributed by atoms with van der Waals surface area (Å²) in [6, 6.07) is 13.6. The van der Waals surface area contributed by atoms with Gasteiger partial charge in [0.1, 0.15) is 0 Å². The molecule has 96 valence electrons. The largest absolute Gasteiger partial charge is 0.434 e. The number of anilines is 1. The topological polar surface area (TPSA) is 38.3 Å². The molecular weight excluding hydrogens is 238 g/mol. The number of fused-ring (bicyclic) bond motifs is 1. The van der Waals surface area contributed by atoms with Gasteiger partial charge in [0, 0.05) is 11.3 Å². The van der Waals surface area contributed by atoms with Gasteiger partial charge in [-0.1, -0.05) is 24.3 Å². The Balaban J connectivity index is 1.89. The van der Waals surface area contributed by atoms with Crippen molar-refractivity contribution in [1.29, 1.82) is 0 Å². The van der Waals surface area contributed by atoms with Crippen molar-refractivity contribution < 1.29 is 9.53 Å². The van der Waals surface area contributed by atoms with Crippen LogP contribution in [-0.2, 0) is 4.74 Å². The molecular formula is C16H15NO2. The van der Waals surface area contributed by atoms with Crippen LogP contribution in [0.4, 0.5) is 5.69 Å². The van der Waals surface area contributed by atoms with E-state index in [2.05, 4.69) is 31.3 Å². The van der Waals surface area contributed by atoms with Crippen molar-refractivity contribution in [2.45, 2.75) is 20.1 Å². The maximum Gasteiger partial charge on any atom is 0.340 e. The molecule has 0 saturated heterocycles. The molecule has 0 aromatic heterocycles. The fourth-order valence-corrected chi connectivity index (χ4v) is 2.24. The number of ether oxygens (including phenoxy) is 1. The minimum Gasteiger partial charge on any atom is -0.434 e. The van der Waals surface area contributed by atoms with Gasteiger partial charge in [-0.2, -0.15) is 0 Å². The first kappa shape index (κ1) is 11.8. The van der Waals surface area contributed by atoms with Crippen molar-refractivity contribution in [3.05, 3.63) is 64.7 Å². The molecule has 0 fully saturated rings. The summed E-state index contributed by atoms with van der Waals surface area (Å²) in [7, 11) is 0. The molecule has 2 aromatic rings. The number of nitrogens with one attached hydrogen (secondary N) is 1. The van der Waals surface area contributed by atoms with Crippen molar-refractivity contribution in [2.75, 3.05) is 5.32 Å². The van der Waals surface area contributed by atoms with E-state index in [9.17, 15) is 4.79 Å². The van der Waals surface area contributed by atoms with Crippen LogP contribution in [0.5, 0.6) is 0 Å². The molecule has 0 amide bonds. The van der Waals surface area contributed by atoms with Crippen LogP contribution in [-0.4, -0.2) is 5.97 Å². The van der Waals surface area contributed by atoms with Crippen LogP contribution in [0.3, 0.4) is 0 Å². The Kier molecular flexibility index (Phi) is 2.75. The second-order valence-corrected chi connectivity index (χ2v) is 4.82. The number of carbonyl (C=O) groups is 1. The Bertz CT molecular complexity index is 649. The minimum absolute atomic E-state index is 0.267. The van der Waals surface area contributed by atoms with E-state index < -0.39 is 6.23 Å². The molecule has 19 heavy (non-hydrogen) atoms. The fraction of sp³-hybridized carbons (Fsp3) is 0.188. The third-order valence-corrected chi connectivity index (χ3v) is 3.49. The number of hydrogen-bond donors (Lipinski definition) is 1. The molecule has 2 aromatic carbocycles. The zero-order valence-electron chi connectivity index (χ0n) is 10.9. The Hall–Kier alpha value is -2.29.